The van der Waals surface area contributed by atoms with Gasteiger partial charge >= 0.3 is 0 Å². The van der Waals surface area contributed by atoms with Crippen molar-refractivity contribution in [1.29, 1.82) is 0 Å². The van der Waals surface area contributed by atoms with Gasteiger partial charge in [0.15, 0.2) is 9.84 Å². The van der Waals surface area contributed by atoms with E-state index in [0.717, 1.165) is 5.56 Å². The lowest BCUT2D eigenvalue weighted by Gasteiger charge is -2.15. The first kappa shape index (κ1) is 17.9. The summed E-state index contributed by atoms with van der Waals surface area (Å²) in [6.07, 6.45) is -1.26. The summed E-state index contributed by atoms with van der Waals surface area (Å²) in [7, 11) is -7.38. The predicted octanol–water partition coefficient (Wildman–Crippen LogP) is -1.24. The maximum absolute atomic E-state index is 12.2. The van der Waals surface area contributed by atoms with Crippen LogP contribution in [0.4, 0.5) is 0 Å². The lowest BCUT2D eigenvalue weighted by molar-refractivity contribution is -0.119. The molecular formula is C13H18N2O6S2. The largest absolute Gasteiger partial charge is 0.390 e. The van der Waals surface area contributed by atoms with E-state index in [4.69, 9.17) is 0 Å². The summed E-state index contributed by atoms with van der Waals surface area (Å²) in [5.41, 5.74) is 0.725. The zero-order chi connectivity index (χ0) is 17.3. The molecule has 128 valence electrons. The van der Waals surface area contributed by atoms with Crippen molar-refractivity contribution in [3.63, 3.8) is 0 Å². The maximum Gasteiger partial charge on any atom is 0.240 e. The number of hydrogen-bond acceptors (Lipinski definition) is 6. The van der Waals surface area contributed by atoms with Crippen molar-refractivity contribution in [3.8, 4) is 0 Å². The quantitative estimate of drug-likeness (QED) is 0.601. The SMILES string of the molecule is CC(=O)NCc1ccc(S(=O)(=O)N[C@@H]2CS(=O)(=O)C[C@H]2O)cc1. The summed E-state index contributed by atoms with van der Waals surface area (Å²) in [6.45, 7) is 1.66. The van der Waals surface area contributed by atoms with Crippen molar-refractivity contribution in [2.24, 2.45) is 0 Å². The number of rotatable bonds is 5. The van der Waals surface area contributed by atoms with Gasteiger partial charge in [0.2, 0.25) is 15.9 Å². The second-order valence-corrected chi connectivity index (χ2v) is 9.29. The summed E-state index contributed by atoms with van der Waals surface area (Å²) in [5, 5.41) is 12.2. The Hall–Kier alpha value is -1.49. The minimum atomic E-state index is -3.94. The molecule has 2 rings (SSSR count). The average Bonchev–Trinajstić information content (AvgIpc) is 2.68. The van der Waals surface area contributed by atoms with Gasteiger partial charge < -0.3 is 10.4 Å². The third-order valence-corrected chi connectivity index (χ3v) is 6.63. The number of aliphatic hydroxyl groups is 1. The zero-order valence-corrected chi connectivity index (χ0v) is 14.0. The van der Waals surface area contributed by atoms with Crippen molar-refractivity contribution in [2.45, 2.75) is 30.5 Å². The third-order valence-electron chi connectivity index (χ3n) is 3.40. The van der Waals surface area contributed by atoms with Gasteiger partial charge in [-0.3, -0.25) is 4.79 Å². The summed E-state index contributed by atoms with van der Waals surface area (Å²) >= 11 is 0. The number of benzene rings is 1. The number of sulfonamides is 1. The van der Waals surface area contributed by atoms with Gasteiger partial charge in [0.25, 0.3) is 0 Å². The summed E-state index contributed by atoms with van der Waals surface area (Å²) < 4.78 is 49.5. The van der Waals surface area contributed by atoms with Gasteiger partial charge in [-0.1, -0.05) is 12.1 Å². The summed E-state index contributed by atoms with van der Waals surface area (Å²) in [4.78, 5) is 10.8. The summed E-state index contributed by atoms with van der Waals surface area (Å²) in [6, 6.07) is 4.76. The van der Waals surface area contributed by atoms with Crippen molar-refractivity contribution >= 4 is 25.8 Å². The molecule has 1 aromatic carbocycles. The van der Waals surface area contributed by atoms with Crippen molar-refractivity contribution in [3.05, 3.63) is 29.8 Å². The highest BCUT2D eigenvalue weighted by Gasteiger charge is 2.38. The fourth-order valence-corrected chi connectivity index (χ4v) is 5.34. The van der Waals surface area contributed by atoms with E-state index >= 15 is 0 Å². The van der Waals surface area contributed by atoms with Crippen molar-refractivity contribution < 1.29 is 26.7 Å². The molecule has 23 heavy (non-hydrogen) atoms. The van der Waals surface area contributed by atoms with Gasteiger partial charge in [-0.2, -0.15) is 0 Å². The number of sulfone groups is 1. The molecule has 1 fully saturated rings. The third kappa shape index (κ3) is 4.74. The molecule has 0 aliphatic carbocycles. The number of nitrogens with one attached hydrogen (secondary N) is 2. The van der Waals surface area contributed by atoms with Crippen LogP contribution < -0.4 is 10.0 Å². The van der Waals surface area contributed by atoms with Crippen LogP contribution in [0, 0.1) is 0 Å². The molecule has 0 saturated carbocycles. The van der Waals surface area contributed by atoms with E-state index < -0.39 is 43.5 Å². The zero-order valence-electron chi connectivity index (χ0n) is 12.4. The second kappa shape index (κ2) is 6.56. The molecule has 2 atom stereocenters. The van der Waals surface area contributed by atoms with Crippen LogP contribution in [0.5, 0.6) is 0 Å². The molecular weight excluding hydrogens is 344 g/mol. The highest BCUT2D eigenvalue weighted by atomic mass is 32.2. The van der Waals surface area contributed by atoms with Crippen LogP contribution >= 0.6 is 0 Å². The lowest BCUT2D eigenvalue weighted by atomic mass is 10.2. The average molecular weight is 362 g/mol. The maximum atomic E-state index is 12.2. The second-order valence-electron chi connectivity index (χ2n) is 5.43. The molecule has 8 nitrogen and oxygen atoms in total. The molecule has 0 unspecified atom stereocenters. The first-order valence-corrected chi connectivity index (χ1v) is 10.1. The smallest absolute Gasteiger partial charge is 0.240 e. The van der Waals surface area contributed by atoms with Crippen LogP contribution in [0.25, 0.3) is 0 Å². The van der Waals surface area contributed by atoms with Crippen LogP contribution in [-0.2, 0) is 31.2 Å². The van der Waals surface area contributed by atoms with Gasteiger partial charge in [-0.05, 0) is 17.7 Å². The first-order valence-electron chi connectivity index (χ1n) is 6.83. The van der Waals surface area contributed by atoms with E-state index in [1.54, 1.807) is 12.1 Å². The van der Waals surface area contributed by atoms with E-state index in [9.17, 15) is 26.7 Å². The van der Waals surface area contributed by atoms with Crippen LogP contribution in [0.3, 0.4) is 0 Å². The van der Waals surface area contributed by atoms with Gasteiger partial charge in [0, 0.05) is 13.5 Å². The van der Waals surface area contributed by atoms with E-state index in [0.29, 0.717) is 0 Å². The van der Waals surface area contributed by atoms with Crippen LogP contribution in [0.2, 0.25) is 0 Å². The Labute approximate surface area is 134 Å². The topological polar surface area (TPSA) is 130 Å². The Morgan fingerprint density at radius 2 is 1.87 bits per heavy atom. The van der Waals surface area contributed by atoms with Gasteiger partial charge in [-0.15, -0.1) is 0 Å². The lowest BCUT2D eigenvalue weighted by Crippen LogP contribution is -2.42. The molecule has 10 heteroatoms. The number of carbonyl (C=O) groups is 1. The molecule has 1 aliphatic heterocycles. The monoisotopic (exact) mass is 362 g/mol. The molecule has 1 saturated heterocycles. The van der Waals surface area contributed by atoms with Crippen molar-refractivity contribution in [2.75, 3.05) is 11.5 Å². The van der Waals surface area contributed by atoms with E-state index in [1.807, 2.05) is 0 Å². The van der Waals surface area contributed by atoms with Crippen LogP contribution in [-0.4, -0.2) is 51.5 Å². The number of aliphatic hydroxyl groups excluding tert-OH is 1. The molecule has 0 bridgehead atoms. The molecule has 0 aromatic heterocycles. The van der Waals surface area contributed by atoms with E-state index in [-0.39, 0.29) is 17.3 Å². The Morgan fingerprint density at radius 3 is 2.35 bits per heavy atom. The standard InChI is InChI=1S/C13H18N2O6S2/c1-9(16)14-6-10-2-4-11(5-3-10)23(20,21)15-12-7-22(18,19)8-13(12)17/h2-5,12-13,15,17H,6-8H2,1H3,(H,14,16)/t12-,13-/m1/s1. The van der Waals surface area contributed by atoms with Crippen molar-refractivity contribution in [1.82, 2.24) is 10.0 Å². The number of amides is 1. The molecule has 0 spiro atoms. The normalized spacial score (nSPS) is 23.6. The van der Waals surface area contributed by atoms with Gasteiger partial charge in [-0.25, -0.2) is 21.6 Å². The van der Waals surface area contributed by atoms with E-state index in [1.165, 1.54) is 19.1 Å². The number of hydrogen-bond donors (Lipinski definition) is 3. The van der Waals surface area contributed by atoms with Gasteiger partial charge in [0.05, 0.1) is 28.5 Å². The van der Waals surface area contributed by atoms with Crippen LogP contribution in [0.1, 0.15) is 12.5 Å². The summed E-state index contributed by atoms with van der Waals surface area (Å²) in [5.74, 6) is -1.07. The Bertz CT molecular complexity index is 786. The first-order chi connectivity index (χ1) is 10.6. The Kier molecular flexibility index (Phi) is 5.09. The van der Waals surface area contributed by atoms with E-state index in [2.05, 4.69) is 10.0 Å². The Balaban J connectivity index is 2.09. The highest BCUT2D eigenvalue weighted by Crippen LogP contribution is 2.17. The molecule has 1 aromatic rings. The fourth-order valence-electron chi connectivity index (χ4n) is 2.22. The molecule has 3 N–H and O–H groups in total. The minimum Gasteiger partial charge on any atom is -0.390 e. The number of carbonyl (C=O) groups excluding carboxylic acids is 1. The fraction of sp³-hybridized carbons (Fsp3) is 0.462. The Morgan fingerprint density at radius 1 is 1.26 bits per heavy atom. The minimum absolute atomic E-state index is 0.0411. The van der Waals surface area contributed by atoms with Crippen LogP contribution in [0.15, 0.2) is 29.2 Å². The molecule has 1 aliphatic rings. The predicted molar refractivity (Wildman–Crippen MR) is 82.7 cm³/mol. The molecule has 0 radical (unpaired) electrons. The van der Waals surface area contributed by atoms with Gasteiger partial charge in [0.1, 0.15) is 0 Å². The highest BCUT2D eigenvalue weighted by molar-refractivity contribution is 7.92. The molecule has 1 heterocycles. The molecule has 1 amide bonds.